The van der Waals surface area contributed by atoms with E-state index in [4.69, 9.17) is 9.47 Å². The number of carbonyl (C=O) groups is 1. The fourth-order valence-electron chi connectivity index (χ4n) is 1.78. The maximum Gasteiger partial charge on any atom is 0.196 e. The van der Waals surface area contributed by atoms with Crippen LogP contribution in [0.3, 0.4) is 0 Å². The Hall–Kier alpha value is -1.81. The molecule has 0 atom stereocenters. The lowest BCUT2D eigenvalue weighted by atomic mass is 10.0. The Morgan fingerprint density at radius 3 is 2.47 bits per heavy atom. The van der Waals surface area contributed by atoms with Crippen LogP contribution in [0.15, 0.2) is 46.9 Å². The summed E-state index contributed by atoms with van der Waals surface area (Å²) in [6.07, 6.45) is 0. The molecule has 2 aromatic carbocycles. The van der Waals surface area contributed by atoms with Crippen molar-refractivity contribution in [3.8, 4) is 11.5 Å². The Bertz CT molecular complexity index is 608. The molecule has 0 radical (unpaired) electrons. The number of ketones is 1. The van der Waals surface area contributed by atoms with Gasteiger partial charge >= 0.3 is 0 Å². The van der Waals surface area contributed by atoms with Crippen molar-refractivity contribution in [1.82, 2.24) is 0 Å². The van der Waals surface area contributed by atoms with Gasteiger partial charge < -0.3 is 9.47 Å². The van der Waals surface area contributed by atoms with Gasteiger partial charge in [0.2, 0.25) is 0 Å². The lowest BCUT2D eigenvalue weighted by molar-refractivity contribution is 0.103. The molecule has 98 valence electrons. The average molecular weight is 321 g/mol. The first-order chi connectivity index (χ1) is 9.15. The van der Waals surface area contributed by atoms with Crippen LogP contribution in [-0.4, -0.2) is 20.0 Å². The highest BCUT2D eigenvalue weighted by molar-refractivity contribution is 9.10. The molecule has 19 heavy (non-hydrogen) atoms. The lowest BCUT2D eigenvalue weighted by Crippen LogP contribution is -2.04. The van der Waals surface area contributed by atoms with Crippen molar-refractivity contribution in [3.05, 3.63) is 58.1 Å². The van der Waals surface area contributed by atoms with Gasteiger partial charge in [0.05, 0.1) is 19.8 Å². The summed E-state index contributed by atoms with van der Waals surface area (Å²) < 4.78 is 11.2. The van der Waals surface area contributed by atoms with E-state index in [9.17, 15) is 4.79 Å². The highest BCUT2D eigenvalue weighted by Gasteiger charge is 2.15. The van der Waals surface area contributed by atoms with Crippen molar-refractivity contribution in [1.29, 1.82) is 0 Å². The van der Waals surface area contributed by atoms with Gasteiger partial charge in [0.25, 0.3) is 0 Å². The molecule has 0 aliphatic carbocycles. The second-order valence-electron chi connectivity index (χ2n) is 3.91. The average Bonchev–Trinajstić information content (AvgIpc) is 2.45. The molecule has 0 saturated heterocycles. The van der Waals surface area contributed by atoms with E-state index in [0.717, 1.165) is 4.47 Å². The molecular formula is C15H13BrO3. The number of carbonyl (C=O) groups excluding carboxylic acids is 1. The number of rotatable bonds is 4. The van der Waals surface area contributed by atoms with Crippen molar-refractivity contribution >= 4 is 21.7 Å². The van der Waals surface area contributed by atoms with Crippen LogP contribution >= 0.6 is 15.9 Å². The zero-order chi connectivity index (χ0) is 13.8. The van der Waals surface area contributed by atoms with Crippen LogP contribution in [0.1, 0.15) is 15.9 Å². The first kappa shape index (κ1) is 13.6. The van der Waals surface area contributed by atoms with Crippen LogP contribution in [-0.2, 0) is 0 Å². The van der Waals surface area contributed by atoms with E-state index >= 15 is 0 Å². The van der Waals surface area contributed by atoms with Crippen LogP contribution in [0.2, 0.25) is 0 Å². The van der Waals surface area contributed by atoms with Crippen LogP contribution in [0.4, 0.5) is 0 Å². The van der Waals surface area contributed by atoms with E-state index in [-0.39, 0.29) is 5.78 Å². The summed E-state index contributed by atoms with van der Waals surface area (Å²) in [6.45, 7) is 0. The van der Waals surface area contributed by atoms with Gasteiger partial charge in [0, 0.05) is 10.0 Å². The quantitative estimate of drug-likeness (QED) is 0.806. The summed E-state index contributed by atoms with van der Waals surface area (Å²) in [4.78, 5) is 12.5. The monoisotopic (exact) mass is 320 g/mol. The van der Waals surface area contributed by atoms with Gasteiger partial charge in [-0.2, -0.15) is 0 Å². The minimum atomic E-state index is -0.1000. The summed E-state index contributed by atoms with van der Waals surface area (Å²) in [6, 6.07) is 12.4. The second kappa shape index (κ2) is 5.89. The number of hydrogen-bond acceptors (Lipinski definition) is 3. The summed E-state index contributed by atoms with van der Waals surface area (Å²) in [5, 5.41) is 0. The third-order valence-electron chi connectivity index (χ3n) is 2.74. The molecule has 0 heterocycles. The molecule has 0 aliphatic rings. The van der Waals surface area contributed by atoms with E-state index in [1.165, 1.54) is 0 Å². The molecule has 0 bridgehead atoms. The molecule has 0 spiro atoms. The molecule has 3 nitrogen and oxygen atoms in total. The Labute approximate surface area is 120 Å². The summed E-state index contributed by atoms with van der Waals surface area (Å²) >= 11 is 3.36. The Morgan fingerprint density at radius 2 is 1.84 bits per heavy atom. The van der Waals surface area contributed by atoms with Crippen LogP contribution in [0.5, 0.6) is 11.5 Å². The number of halogens is 1. The smallest absolute Gasteiger partial charge is 0.196 e. The van der Waals surface area contributed by atoms with Crippen LogP contribution in [0.25, 0.3) is 0 Å². The highest BCUT2D eigenvalue weighted by Crippen LogP contribution is 2.27. The molecule has 0 aliphatic heterocycles. The van der Waals surface area contributed by atoms with Gasteiger partial charge in [0.15, 0.2) is 5.78 Å². The van der Waals surface area contributed by atoms with Crippen LogP contribution < -0.4 is 9.47 Å². The summed E-state index contributed by atoms with van der Waals surface area (Å²) in [7, 11) is 3.11. The normalized spacial score (nSPS) is 10.1. The molecule has 0 N–H and O–H groups in total. The first-order valence-corrected chi connectivity index (χ1v) is 6.47. The highest BCUT2D eigenvalue weighted by atomic mass is 79.9. The number of hydrogen-bond donors (Lipinski definition) is 0. The Balaban J connectivity index is 2.48. The van der Waals surface area contributed by atoms with E-state index in [0.29, 0.717) is 22.6 Å². The predicted octanol–water partition coefficient (Wildman–Crippen LogP) is 3.70. The van der Waals surface area contributed by atoms with Crippen molar-refractivity contribution < 1.29 is 14.3 Å². The van der Waals surface area contributed by atoms with Gasteiger partial charge in [0.1, 0.15) is 11.5 Å². The van der Waals surface area contributed by atoms with E-state index in [1.54, 1.807) is 44.6 Å². The van der Waals surface area contributed by atoms with Crippen molar-refractivity contribution in [3.63, 3.8) is 0 Å². The number of ether oxygens (including phenoxy) is 2. The lowest BCUT2D eigenvalue weighted by Gasteiger charge is -2.09. The standard InChI is InChI=1S/C15H13BrO3/c1-18-12-6-7-14(19-2)13(9-12)15(17)10-4-3-5-11(16)8-10/h3-9H,1-2H3. The maximum atomic E-state index is 12.5. The molecular weight excluding hydrogens is 308 g/mol. The largest absolute Gasteiger partial charge is 0.497 e. The Morgan fingerprint density at radius 1 is 1.05 bits per heavy atom. The molecule has 0 saturated carbocycles. The second-order valence-corrected chi connectivity index (χ2v) is 4.82. The fraction of sp³-hybridized carbons (Fsp3) is 0.133. The first-order valence-electron chi connectivity index (χ1n) is 5.68. The van der Waals surface area contributed by atoms with E-state index in [1.807, 2.05) is 12.1 Å². The topological polar surface area (TPSA) is 35.5 Å². The van der Waals surface area contributed by atoms with Gasteiger partial charge in [-0.3, -0.25) is 4.79 Å². The van der Waals surface area contributed by atoms with Gasteiger partial charge in [-0.1, -0.05) is 28.1 Å². The number of benzene rings is 2. The molecule has 0 unspecified atom stereocenters. The summed E-state index contributed by atoms with van der Waals surface area (Å²) in [5.74, 6) is 1.06. The Kier molecular flexibility index (Phi) is 4.22. The minimum Gasteiger partial charge on any atom is -0.497 e. The zero-order valence-electron chi connectivity index (χ0n) is 10.6. The third kappa shape index (κ3) is 2.96. The predicted molar refractivity (Wildman–Crippen MR) is 77.1 cm³/mol. The molecule has 4 heteroatoms. The number of methoxy groups -OCH3 is 2. The maximum absolute atomic E-state index is 12.5. The molecule has 2 aromatic rings. The minimum absolute atomic E-state index is 0.1000. The van der Waals surface area contributed by atoms with Gasteiger partial charge in [-0.15, -0.1) is 0 Å². The molecule has 0 aromatic heterocycles. The fourth-order valence-corrected chi connectivity index (χ4v) is 2.18. The van der Waals surface area contributed by atoms with Crippen LogP contribution in [0, 0.1) is 0 Å². The van der Waals surface area contributed by atoms with Crippen molar-refractivity contribution in [2.75, 3.05) is 14.2 Å². The van der Waals surface area contributed by atoms with E-state index in [2.05, 4.69) is 15.9 Å². The SMILES string of the molecule is COc1ccc(OC)c(C(=O)c2cccc(Br)c2)c1. The molecule has 2 rings (SSSR count). The van der Waals surface area contributed by atoms with Crippen molar-refractivity contribution in [2.45, 2.75) is 0 Å². The third-order valence-corrected chi connectivity index (χ3v) is 3.23. The zero-order valence-corrected chi connectivity index (χ0v) is 12.2. The summed E-state index contributed by atoms with van der Waals surface area (Å²) in [5.41, 5.74) is 1.08. The van der Waals surface area contributed by atoms with E-state index < -0.39 is 0 Å². The van der Waals surface area contributed by atoms with Gasteiger partial charge in [-0.05, 0) is 30.3 Å². The molecule has 0 fully saturated rings. The molecule has 0 amide bonds. The van der Waals surface area contributed by atoms with Gasteiger partial charge in [-0.25, -0.2) is 0 Å². The van der Waals surface area contributed by atoms with Crippen molar-refractivity contribution in [2.24, 2.45) is 0 Å².